The lowest BCUT2D eigenvalue weighted by Crippen LogP contribution is -2.41. The molecular weight excluding hydrogens is 202 g/mol. The fraction of sp³-hybridized carbons (Fsp3) is 0.923. The van der Waals surface area contributed by atoms with Crippen LogP contribution in [0.3, 0.4) is 0 Å². The summed E-state index contributed by atoms with van der Waals surface area (Å²) in [6.45, 7) is 6.06. The van der Waals surface area contributed by atoms with Crippen molar-refractivity contribution in [3.8, 4) is 0 Å². The monoisotopic (exact) mass is 227 g/mol. The largest absolute Gasteiger partial charge is 0.391 e. The van der Waals surface area contributed by atoms with Gasteiger partial charge in [-0.05, 0) is 18.8 Å². The second-order valence-electron chi connectivity index (χ2n) is 5.93. The van der Waals surface area contributed by atoms with Gasteiger partial charge in [0.1, 0.15) is 0 Å². The molecule has 0 unspecified atom stereocenters. The fourth-order valence-corrected chi connectivity index (χ4v) is 2.15. The first-order valence-corrected chi connectivity index (χ1v) is 6.37. The minimum atomic E-state index is -0.369. The van der Waals surface area contributed by atoms with E-state index in [9.17, 15) is 9.90 Å². The molecule has 3 nitrogen and oxygen atoms in total. The summed E-state index contributed by atoms with van der Waals surface area (Å²) in [5.41, 5.74) is -0.369. The Labute approximate surface area is 98.6 Å². The van der Waals surface area contributed by atoms with Crippen LogP contribution in [0.15, 0.2) is 0 Å². The molecule has 94 valence electrons. The van der Waals surface area contributed by atoms with E-state index in [1.165, 1.54) is 19.3 Å². The Hall–Kier alpha value is -0.570. The Balaban J connectivity index is 2.29. The lowest BCUT2D eigenvalue weighted by Gasteiger charge is -2.27. The molecule has 0 heterocycles. The highest BCUT2D eigenvalue weighted by Gasteiger charge is 2.25. The molecule has 1 fully saturated rings. The number of aliphatic hydroxyl groups is 1. The third-order valence-corrected chi connectivity index (χ3v) is 3.35. The van der Waals surface area contributed by atoms with E-state index >= 15 is 0 Å². The molecular formula is C13H25NO2. The van der Waals surface area contributed by atoms with Gasteiger partial charge in [-0.1, -0.05) is 40.0 Å². The van der Waals surface area contributed by atoms with Crippen molar-refractivity contribution < 1.29 is 9.90 Å². The van der Waals surface area contributed by atoms with Gasteiger partial charge in [0.25, 0.3) is 0 Å². The van der Waals surface area contributed by atoms with E-state index < -0.39 is 0 Å². The predicted octanol–water partition coefficient (Wildman–Crippen LogP) is 2.09. The zero-order valence-electron chi connectivity index (χ0n) is 10.8. The van der Waals surface area contributed by atoms with Crippen LogP contribution in [0.5, 0.6) is 0 Å². The van der Waals surface area contributed by atoms with Gasteiger partial charge in [-0.3, -0.25) is 4.79 Å². The number of hydrogen-bond acceptors (Lipinski definition) is 2. The first kappa shape index (κ1) is 13.5. The Kier molecular flexibility index (Phi) is 4.78. The number of amides is 1. The van der Waals surface area contributed by atoms with Crippen LogP contribution < -0.4 is 5.32 Å². The van der Waals surface area contributed by atoms with Crippen LogP contribution >= 0.6 is 0 Å². The first-order valence-electron chi connectivity index (χ1n) is 6.37. The summed E-state index contributed by atoms with van der Waals surface area (Å²) in [6, 6.07) is 0. The van der Waals surface area contributed by atoms with Gasteiger partial charge in [-0.2, -0.15) is 0 Å². The normalized spacial score (nSPS) is 20.5. The molecule has 1 aliphatic rings. The van der Waals surface area contributed by atoms with Gasteiger partial charge < -0.3 is 10.4 Å². The number of carbonyl (C=O) groups is 1. The maximum absolute atomic E-state index is 11.6. The summed E-state index contributed by atoms with van der Waals surface area (Å²) in [5.74, 6) is 0.399. The van der Waals surface area contributed by atoms with Crippen molar-refractivity contribution in [1.29, 1.82) is 0 Å². The van der Waals surface area contributed by atoms with Gasteiger partial charge in [0.2, 0.25) is 5.91 Å². The Bertz CT molecular complexity index is 227. The molecule has 1 atom stereocenters. The molecule has 1 amide bonds. The van der Waals surface area contributed by atoms with Crippen molar-refractivity contribution in [2.75, 3.05) is 6.54 Å². The lowest BCUT2D eigenvalue weighted by atomic mass is 9.85. The highest BCUT2D eigenvalue weighted by Crippen LogP contribution is 2.26. The lowest BCUT2D eigenvalue weighted by molar-refractivity contribution is -0.129. The van der Waals surface area contributed by atoms with E-state index in [2.05, 4.69) is 5.32 Å². The van der Waals surface area contributed by atoms with E-state index in [1.807, 2.05) is 20.8 Å². The number of nitrogens with one attached hydrogen (secondary N) is 1. The van der Waals surface area contributed by atoms with Crippen molar-refractivity contribution >= 4 is 5.91 Å². The Morgan fingerprint density at radius 1 is 1.31 bits per heavy atom. The highest BCUT2D eigenvalue weighted by atomic mass is 16.3. The second-order valence-corrected chi connectivity index (χ2v) is 5.93. The Morgan fingerprint density at radius 2 is 1.88 bits per heavy atom. The third kappa shape index (κ3) is 4.12. The van der Waals surface area contributed by atoms with Crippen molar-refractivity contribution in [2.24, 2.45) is 11.3 Å². The molecule has 1 rings (SSSR count). The third-order valence-electron chi connectivity index (χ3n) is 3.35. The summed E-state index contributed by atoms with van der Waals surface area (Å²) >= 11 is 0. The van der Waals surface area contributed by atoms with Gasteiger partial charge in [0.15, 0.2) is 0 Å². The summed E-state index contributed by atoms with van der Waals surface area (Å²) in [6.07, 6.45) is 5.56. The molecule has 1 aliphatic carbocycles. The molecule has 0 spiro atoms. The van der Waals surface area contributed by atoms with Crippen LogP contribution in [-0.2, 0) is 4.79 Å². The molecule has 0 aromatic rings. The highest BCUT2D eigenvalue weighted by molar-refractivity contribution is 5.81. The van der Waals surface area contributed by atoms with E-state index in [0.29, 0.717) is 12.5 Å². The van der Waals surface area contributed by atoms with Crippen molar-refractivity contribution in [3.05, 3.63) is 0 Å². The smallest absolute Gasteiger partial charge is 0.225 e. The zero-order valence-corrected chi connectivity index (χ0v) is 10.8. The number of rotatable bonds is 3. The minimum Gasteiger partial charge on any atom is -0.391 e. The molecule has 3 heteroatoms. The van der Waals surface area contributed by atoms with Gasteiger partial charge in [-0.25, -0.2) is 0 Å². The van der Waals surface area contributed by atoms with E-state index in [4.69, 9.17) is 0 Å². The van der Waals surface area contributed by atoms with Crippen LogP contribution in [-0.4, -0.2) is 23.7 Å². The van der Waals surface area contributed by atoms with Gasteiger partial charge in [-0.15, -0.1) is 0 Å². The van der Waals surface area contributed by atoms with Gasteiger partial charge in [0.05, 0.1) is 6.10 Å². The number of aliphatic hydroxyl groups excluding tert-OH is 1. The van der Waals surface area contributed by atoms with Crippen LogP contribution in [0, 0.1) is 11.3 Å². The maximum atomic E-state index is 11.6. The van der Waals surface area contributed by atoms with Gasteiger partial charge in [0, 0.05) is 12.0 Å². The average molecular weight is 227 g/mol. The molecule has 0 radical (unpaired) electrons. The van der Waals surface area contributed by atoms with Crippen molar-refractivity contribution in [2.45, 2.75) is 59.0 Å². The topological polar surface area (TPSA) is 49.3 Å². The summed E-state index contributed by atoms with van der Waals surface area (Å²) in [7, 11) is 0. The summed E-state index contributed by atoms with van der Waals surface area (Å²) < 4.78 is 0. The molecule has 16 heavy (non-hydrogen) atoms. The number of hydrogen-bond donors (Lipinski definition) is 2. The minimum absolute atomic E-state index is 0.0161. The van der Waals surface area contributed by atoms with Crippen LogP contribution in [0.1, 0.15) is 52.9 Å². The van der Waals surface area contributed by atoms with E-state index in [-0.39, 0.29) is 17.4 Å². The maximum Gasteiger partial charge on any atom is 0.225 e. The standard InChI is InChI=1S/C13H25NO2/c1-13(2,3)12(16)14-9-11(15)10-7-5-4-6-8-10/h10-11,15H,4-9H2,1-3H3,(H,14,16)/t11-/m1/s1. The molecule has 0 saturated heterocycles. The van der Waals surface area contributed by atoms with Gasteiger partial charge >= 0.3 is 0 Å². The van der Waals surface area contributed by atoms with E-state index in [1.54, 1.807) is 0 Å². The van der Waals surface area contributed by atoms with Crippen LogP contribution in [0.25, 0.3) is 0 Å². The predicted molar refractivity (Wildman–Crippen MR) is 65.0 cm³/mol. The average Bonchev–Trinajstić information content (AvgIpc) is 2.25. The Morgan fingerprint density at radius 3 is 2.38 bits per heavy atom. The molecule has 2 N–H and O–H groups in total. The summed E-state index contributed by atoms with van der Waals surface area (Å²) in [5, 5.41) is 12.8. The number of carbonyl (C=O) groups excluding carboxylic acids is 1. The fourth-order valence-electron chi connectivity index (χ4n) is 2.15. The second kappa shape index (κ2) is 5.67. The van der Waals surface area contributed by atoms with Crippen molar-refractivity contribution in [1.82, 2.24) is 5.32 Å². The quantitative estimate of drug-likeness (QED) is 0.775. The molecule has 0 aromatic carbocycles. The SMILES string of the molecule is CC(C)(C)C(=O)NC[C@@H](O)C1CCCCC1. The first-order chi connectivity index (χ1) is 7.41. The molecule has 0 bridgehead atoms. The summed E-state index contributed by atoms with van der Waals surface area (Å²) in [4.78, 5) is 11.6. The molecule has 0 aliphatic heterocycles. The van der Waals surface area contributed by atoms with Crippen LogP contribution in [0.4, 0.5) is 0 Å². The molecule has 1 saturated carbocycles. The van der Waals surface area contributed by atoms with Crippen LogP contribution in [0.2, 0.25) is 0 Å². The van der Waals surface area contributed by atoms with Crippen molar-refractivity contribution in [3.63, 3.8) is 0 Å². The van der Waals surface area contributed by atoms with E-state index in [0.717, 1.165) is 12.8 Å². The molecule has 0 aromatic heterocycles. The zero-order chi connectivity index (χ0) is 12.2.